The van der Waals surface area contributed by atoms with Gasteiger partial charge in [0.05, 0.1) is 12.1 Å². The lowest BCUT2D eigenvalue weighted by atomic mass is 10.1. The van der Waals surface area contributed by atoms with E-state index in [0.29, 0.717) is 13.0 Å². The molecule has 2 atom stereocenters. The van der Waals surface area contributed by atoms with Crippen LogP contribution in [0.1, 0.15) is 26.2 Å². The zero-order valence-electron chi connectivity index (χ0n) is 8.07. The molecule has 1 rings (SSSR count). The lowest BCUT2D eigenvalue weighted by Gasteiger charge is -2.30. The van der Waals surface area contributed by atoms with Gasteiger partial charge in [0.25, 0.3) is 0 Å². The van der Waals surface area contributed by atoms with Crippen LogP contribution >= 0.6 is 0 Å². The Morgan fingerprint density at radius 3 is 3.08 bits per heavy atom. The van der Waals surface area contributed by atoms with Gasteiger partial charge in [0.15, 0.2) is 0 Å². The third kappa shape index (κ3) is 2.97. The van der Waals surface area contributed by atoms with E-state index in [1.807, 2.05) is 0 Å². The summed E-state index contributed by atoms with van der Waals surface area (Å²) in [5, 5.41) is 9.07. The average Bonchev–Trinajstić information content (AvgIpc) is 2.07. The van der Waals surface area contributed by atoms with Crippen LogP contribution < -0.4 is 5.73 Å². The minimum Gasteiger partial charge on any atom is -0.393 e. The molecule has 0 spiro atoms. The number of amides is 1. The zero-order valence-corrected chi connectivity index (χ0v) is 8.07. The molecule has 4 nitrogen and oxygen atoms in total. The van der Waals surface area contributed by atoms with Crippen LogP contribution in [0.25, 0.3) is 0 Å². The average molecular weight is 186 g/mol. The maximum absolute atomic E-state index is 11.5. The molecule has 3 N–H and O–H groups in total. The van der Waals surface area contributed by atoms with Crippen LogP contribution in [-0.2, 0) is 4.79 Å². The van der Waals surface area contributed by atoms with E-state index < -0.39 is 0 Å². The van der Waals surface area contributed by atoms with Gasteiger partial charge in [-0.2, -0.15) is 0 Å². The van der Waals surface area contributed by atoms with Crippen LogP contribution in [0.3, 0.4) is 0 Å². The predicted molar refractivity (Wildman–Crippen MR) is 50.1 cm³/mol. The third-order valence-corrected chi connectivity index (χ3v) is 2.39. The van der Waals surface area contributed by atoms with Gasteiger partial charge in [0, 0.05) is 13.1 Å². The second-order valence-corrected chi connectivity index (χ2v) is 3.71. The maximum Gasteiger partial charge on any atom is 0.239 e. The maximum atomic E-state index is 11.5. The van der Waals surface area contributed by atoms with E-state index in [0.717, 1.165) is 19.4 Å². The summed E-state index contributed by atoms with van der Waals surface area (Å²) in [5.74, 6) is 0.0342. The fourth-order valence-corrected chi connectivity index (χ4v) is 1.53. The Morgan fingerprint density at radius 2 is 2.46 bits per heavy atom. The Labute approximate surface area is 78.7 Å². The molecule has 1 heterocycles. The molecule has 1 fully saturated rings. The highest BCUT2D eigenvalue weighted by Gasteiger charge is 2.25. The van der Waals surface area contributed by atoms with Gasteiger partial charge >= 0.3 is 0 Å². The molecule has 1 aliphatic heterocycles. The van der Waals surface area contributed by atoms with Gasteiger partial charge in [-0.05, 0) is 26.2 Å². The van der Waals surface area contributed by atoms with Crippen molar-refractivity contribution in [3.8, 4) is 0 Å². The Hall–Kier alpha value is -0.610. The number of nitrogens with two attached hydrogens (primary N) is 1. The second-order valence-electron chi connectivity index (χ2n) is 3.71. The molecule has 76 valence electrons. The van der Waals surface area contributed by atoms with E-state index in [1.54, 1.807) is 11.8 Å². The highest BCUT2D eigenvalue weighted by molar-refractivity contribution is 5.82. The summed E-state index contributed by atoms with van der Waals surface area (Å²) in [6, 6.07) is -0.317. The number of aliphatic hydroxyl groups is 1. The van der Waals surface area contributed by atoms with E-state index in [1.165, 1.54) is 0 Å². The third-order valence-electron chi connectivity index (χ3n) is 2.39. The molecular weight excluding hydrogens is 168 g/mol. The van der Waals surface area contributed by atoms with Crippen molar-refractivity contribution in [3.63, 3.8) is 0 Å². The first-order valence-corrected chi connectivity index (χ1v) is 4.83. The first-order chi connectivity index (χ1) is 6.11. The van der Waals surface area contributed by atoms with Crippen molar-refractivity contribution < 1.29 is 9.90 Å². The van der Waals surface area contributed by atoms with Crippen molar-refractivity contribution in [1.29, 1.82) is 0 Å². The van der Waals surface area contributed by atoms with Crippen LogP contribution in [0.4, 0.5) is 0 Å². The second kappa shape index (κ2) is 4.58. The van der Waals surface area contributed by atoms with E-state index in [-0.39, 0.29) is 18.1 Å². The number of hydrogen-bond acceptors (Lipinski definition) is 3. The fourth-order valence-electron chi connectivity index (χ4n) is 1.53. The standard InChI is InChI=1S/C9H18N2O2/c1-7(12)4-6-11-5-2-3-8(10)9(11)13/h7-8,12H,2-6,10H2,1H3. The summed E-state index contributed by atoms with van der Waals surface area (Å²) in [6.07, 6.45) is 2.07. The van der Waals surface area contributed by atoms with Crippen LogP contribution in [0, 0.1) is 0 Å². The lowest BCUT2D eigenvalue weighted by molar-refractivity contribution is -0.135. The normalized spacial score (nSPS) is 26.2. The topological polar surface area (TPSA) is 66.6 Å². The molecule has 13 heavy (non-hydrogen) atoms. The van der Waals surface area contributed by atoms with Crippen molar-refractivity contribution >= 4 is 5.91 Å². The summed E-state index contributed by atoms with van der Waals surface area (Å²) in [6.45, 7) is 3.15. The molecule has 0 aromatic rings. The summed E-state index contributed by atoms with van der Waals surface area (Å²) in [4.78, 5) is 13.2. The van der Waals surface area contributed by atoms with Gasteiger partial charge in [-0.15, -0.1) is 0 Å². The van der Waals surface area contributed by atoms with Crippen LogP contribution in [0.2, 0.25) is 0 Å². The SMILES string of the molecule is CC(O)CCN1CCCC(N)C1=O. The van der Waals surface area contributed by atoms with Gasteiger partial charge in [-0.3, -0.25) is 4.79 Å². The van der Waals surface area contributed by atoms with E-state index in [9.17, 15) is 4.79 Å². The van der Waals surface area contributed by atoms with E-state index >= 15 is 0 Å². The minimum atomic E-state index is -0.342. The van der Waals surface area contributed by atoms with Crippen molar-refractivity contribution in [2.24, 2.45) is 5.73 Å². The van der Waals surface area contributed by atoms with Gasteiger partial charge in [0.2, 0.25) is 5.91 Å². The molecule has 1 amide bonds. The van der Waals surface area contributed by atoms with Gasteiger partial charge in [-0.25, -0.2) is 0 Å². The number of aliphatic hydroxyl groups excluding tert-OH is 1. The van der Waals surface area contributed by atoms with E-state index in [2.05, 4.69) is 0 Å². The predicted octanol–water partition coefficient (Wildman–Crippen LogP) is -0.293. The number of hydrogen-bond donors (Lipinski definition) is 2. The molecule has 0 aromatic carbocycles. The Kier molecular flexibility index (Phi) is 3.69. The van der Waals surface area contributed by atoms with Gasteiger partial charge < -0.3 is 15.7 Å². The van der Waals surface area contributed by atoms with Crippen LogP contribution in [0.15, 0.2) is 0 Å². The molecule has 0 aromatic heterocycles. The van der Waals surface area contributed by atoms with Crippen LogP contribution in [0.5, 0.6) is 0 Å². The minimum absolute atomic E-state index is 0.0342. The van der Waals surface area contributed by atoms with Crippen LogP contribution in [-0.4, -0.2) is 41.1 Å². The van der Waals surface area contributed by atoms with E-state index in [4.69, 9.17) is 10.8 Å². The van der Waals surface area contributed by atoms with Crippen molar-refractivity contribution in [2.45, 2.75) is 38.3 Å². The zero-order chi connectivity index (χ0) is 9.84. The largest absolute Gasteiger partial charge is 0.393 e. The number of piperidine rings is 1. The molecule has 1 aliphatic rings. The smallest absolute Gasteiger partial charge is 0.239 e. The Balaban J connectivity index is 2.35. The highest BCUT2D eigenvalue weighted by Crippen LogP contribution is 2.10. The molecule has 0 saturated carbocycles. The molecule has 2 unspecified atom stereocenters. The summed E-state index contributed by atoms with van der Waals surface area (Å²) in [5.41, 5.74) is 5.62. The van der Waals surface area contributed by atoms with Gasteiger partial charge in [0.1, 0.15) is 0 Å². The molecule has 0 aliphatic carbocycles. The number of carbonyl (C=O) groups is 1. The summed E-state index contributed by atoms with van der Waals surface area (Å²) < 4.78 is 0. The number of nitrogens with zero attached hydrogens (tertiary/aromatic N) is 1. The van der Waals surface area contributed by atoms with Crippen molar-refractivity contribution in [3.05, 3.63) is 0 Å². The molecule has 4 heteroatoms. The Morgan fingerprint density at radius 1 is 1.77 bits per heavy atom. The number of likely N-dealkylation sites (tertiary alicyclic amines) is 1. The Bertz CT molecular complexity index is 182. The molecule has 0 radical (unpaired) electrons. The molecule has 0 bridgehead atoms. The monoisotopic (exact) mass is 186 g/mol. The summed E-state index contributed by atoms with van der Waals surface area (Å²) in [7, 11) is 0. The summed E-state index contributed by atoms with van der Waals surface area (Å²) >= 11 is 0. The molecular formula is C9H18N2O2. The van der Waals surface area contributed by atoms with Crippen molar-refractivity contribution in [2.75, 3.05) is 13.1 Å². The fraction of sp³-hybridized carbons (Fsp3) is 0.889. The lowest BCUT2D eigenvalue weighted by Crippen LogP contribution is -2.48. The highest BCUT2D eigenvalue weighted by atomic mass is 16.3. The number of carbonyl (C=O) groups excluding carboxylic acids is 1. The first kappa shape index (κ1) is 10.5. The number of rotatable bonds is 3. The molecule has 1 saturated heterocycles. The van der Waals surface area contributed by atoms with Gasteiger partial charge in [-0.1, -0.05) is 0 Å². The quantitative estimate of drug-likeness (QED) is 0.636. The van der Waals surface area contributed by atoms with Crippen molar-refractivity contribution in [1.82, 2.24) is 4.90 Å². The first-order valence-electron chi connectivity index (χ1n) is 4.83.